The van der Waals surface area contributed by atoms with E-state index in [-0.39, 0.29) is 10.6 Å². The lowest BCUT2D eigenvalue weighted by Crippen LogP contribution is -2.47. The van der Waals surface area contributed by atoms with Crippen LogP contribution in [-0.2, 0) is 0 Å². The van der Waals surface area contributed by atoms with Crippen LogP contribution in [0.3, 0.4) is 0 Å². The molecular weight excluding hydrogens is 266 g/mol. The fourth-order valence-corrected chi connectivity index (χ4v) is 2.63. The number of nitrogens with zero attached hydrogens (tertiary/aromatic N) is 3. The molecule has 0 saturated carbocycles. The first kappa shape index (κ1) is 14.1. The molecule has 2 heterocycles. The molecule has 1 aliphatic rings. The number of hydrogen-bond acceptors (Lipinski definition) is 4. The number of anilines is 1. The topological polar surface area (TPSA) is 56.7 Å². The molecule has 0 bridgehead atoms. The van der Waals surface area contributed by atoms with E-state index in [1.807, 2.05) is 0 Å². The van der Waals surface area contributed by atoms with Crippen molar-refractivity contribution in [3.63, 3.8) is 0 Å². The zero-order valence-corrected chi connectivity index (χ0v) is 11.7. The van der Waals surface area contributed by atoms with Gasteiger partial charge in [-0.1, -0.05) is 18.5 Å². The second-order valence-corrected chi connectivity index (χ2v) is 5.01. The largest absolute Gasteiger partial charge is 0.478 e. The Bertz CT molecular complexity index is 459. The molecule has 0 unspecified atom stereocenters. The molecule has 0 aromatic carbocycles. The number of carboxylic acid groups (broad SMARTS) is 1. The molecule has 0 radical (unpaired) electrons. The molecule has 0 atom stereocenters. The number of pyridine rings is 1. The van der Waals surface area contributed by atoms with Crippen LogP contribution in [0.5, 0.6) is 0 Å². The first-order valence-corrected chi connectivity index (χ1v) is 6.86. The van der Waals surface area contributed by atoms with Gasteiger partial charge in [-0.05, 0) is 19.0 Å². The summed E-state index contributed by atoms with van der Waals surface area (Å²) in [5, 5.41) is 9.30. The molecule has 1 aromatic rings. The number of halogens is 1. The summed E-state index contributed by atoms with van der Waals surface area (Å²) in [5.74, 6) is -0.434. The molecule has 19 heavy (non-hydrogen) atoms. The summed E-state index contributed by atoms with van der Waals surface area (Å²) in [7, 11) is 0. The second kappa shape index (κ2) is 6.21. The third-order valence-corrected chi connectivity index (χ3v) is 3.69. The van der Waals surface area contributed by atoms with Crippen LogP contribution < -0.4 is 4.90 Å². The van der Waals surface area contributed by atoms with Crippen LogP contribution in [0.15, 0.2) is 12.3 Å². The third-order valence-electron chi connectivity index (χ3n) is 3.31. The van der Waals surface area contributed by atoms with Crippen LogP contribution in [0, 0.1) is 0 Å². The van der Waals surface area contributed by atoms with Gasteiger partial charge in [0.15, 0.2) is 0 Å². The molecule has 1 aromatic heterocycles. The Morgan fingerprint density at radius 2 is 2.11 bits per heavy atom. The maximum atomic E-state index is 11.1. The van der Waals surface area contributed by atoms with E-state index < -0.39 is 5.97 Å². The van der Waals surface area contributed by atoms with Gasteiger partial charge in [-0.15, -0.1) is 0 Å². The van der Waals surface area contributed by atoms with Crippen LogP contribution in [0.2, 0.25) is 5.02 Å². The minimum atomic E-state index is -1.02. The lowest BCUT2D eigenvalue weighted by molar-refractivity contribution is 0.0697. The summed E-state index contributed by atoms with van der Waals surface area (Å²) in [6, 6.07) is 1.43. The van der Waals surface area contributed by atoms with Crippen molar-refractivity contribution >= 4 is 23.4 Å². The van der Waals surface area contributed by atoms with Crippen LogP contribution in [0.25, 0.3) is 0 Å². The molecule has 6 heteroatoms. The lowest BCUT2D eigenvalue weighted by atomic mass is 10.2. The zero-order valence-electron chi connectivity index (χ0n) is 11.0. The molecule has 0 amide bonds. The Morgan fingerprint density at radius 1 is 1.42 bits per heavy atom. The highest BCUT2D eigenvalue weighted by atomic mass is 35.5. The van der Waals surface area contributed by atoms with Gasteiger partial charge >= 0.3 is 5.97 Å². The summed E-state index contributed by atoms with van der Waals surface area (Å²) in [5.41, 5.74) is 0.114. The van der Waals surface area contributed by atoms with Crippen molar-refractivity contribution in [3.8, 4) is 0 Å². The van der Waals surface area contributed by atoms with Gasteiger partial charge in [-0.3, -0.25) is 4.90 Å². The third kappa shape index (κ3) is 3.16. The Kier molecular flexibility index (Phi) is 4.61. The first-order valence-electron chi connectivity index (χ1n) is 6.48. The minimum absolute atomic E-state index is 0.114. The molecule has 104 valence electrons. The van der Waals surface area contributed by atoms with Crippen LogP contribution >= 0.6 is 11.6 Å². The van der Waals surface area contributed by atoms with Gasteiger partial charge in [0.05, 0.1) is 10.6 Å². The maximum Gasteiger partial charge on any atom is 0.337 e. The predicted molar refractivity (Wildman–Crippen MR) is 75.2 cm³/mol. The molecule has 1 N–H and O–H groups in total. The van der Waals surface area contributed by atoms with E-state index in [1.165, 1.54) is 12.3 Å². The number of hydrogen-bond donors (Lipinski definition) is 1. The second-order valence-electron chi connectivity index (χ2n) is 4.63. The number of carbonyl (C=O) groups is 1. The molecule has 0 spiro atoms. The Balaban J connectivity index is 2.11. The van der Waals surface area contributed by atoms with Gasteiger partial charge in [-0.25, -0.2) is 9.78 Å². The quantitative estimate of drug-likeness (QED) is 0.915. The van der Waals surface area contributed by atoms with Crippen molar-refractivity contribution in [3.05, 3.63) is 22.8 Å². The van der Waals surface area contributed by atoms with Crippen molar-refractivity contribution < 1.29 is 9.90 Å². The van der Waals surface area contributed by atoms with Crippen molar-refractivity contribution in [1.82, 2.24) is 9.88 Å². The SMILES string of the molecule is CCCN1CCN(c2nccc(C(=O)O)c2Cl)CC1. The minimum Gasteiger partial charge on any atom is -0.478 e. The van der Waals surface area contributed by atoms with Crippen LogP contribution in [0.1, 0.15) is 23.7 Å². The van der Waals surface area contributed by atoms with E-state index in [1.54, 1.807) is 0 Å². The molecule has 1 saturated heterocycles. The smallest absolute Gasteiger partial charge is 0.337 e. The summed E-state index contributed by atoms with van der Waals surface area (Å²) in [6.07, 6.45) is 2.65. The van der Waals surface area contributed by atoms with Gasteiger partial charge in [0.2, 0.25) is 0 Å². The van der Waals surface area contributed by atoms with E-state index in [4.69, 9.17) is 16.7 Å². The fraction of sp³-hybridized carbons (Fsp3) is 0.538. The fourth-order valence-electron chi connectivity index (χ4n) is 2.32. The van der Waals surface area contributed by atoms with Gasteiger partial charge in [0, 0.05) is 32.4 Å². The monoisotopic (exact) mass is 283 g/mol. The van der Waals surface area contributed by atoms with E-state index in [9.17, 15) is 4.79 Å². The highest BCUT2D eigenvalue weighted by Crippen LogP contribution is 2.27. The van der Waals surface area contributed by atoms with Crippen molar-refractivity contribution in [1.29, 1.82) is 0 Å². The van der Waals surface area contributed by atoms with E-state index in [0.717, 1.165) is 39.1 Å². The number of aromatic carboxylic acids is 1. The number of carboxylic acids is 1. The maximum absolute atomic E-state index is 11.1. The van der Waals surface area contributed by atoms with Crippen LogP contribution in [0.4, 0.5) is 5.82 Å². The molecular formula is C13H18ClN3O2. The lowest BCUT2D eigenvalue weighted by Gasteiger charge is -2.35. The highest BCUT2D eigenvalue weighted by molar-refractivity contribution is 6.35. The Labute approximate surface area is 117 Å². The van der Waals surface area contributed by atoms with E-state index in [2.05, 4.69) is 21.7 Å². The highest BCUT2D eigenvalue weighted by Gasteiger charge is 2.22. The predicted octanol–water partition coefficient (Wildman–Crippen LogP) is 1.97. The summed E-state index contributed by atoms with van der Waals surface area (Å²) in [6.45, 7) is 6.85. The van der Waals surface area contributed by atoms with Gasteiger partial charge in [0.1, 0.15) is 5.82 Å². The summed E-state index contributed by atoms with van der Waals surface area (Å²) in [4.78, 5) is 19.7. The van der Waals surface area contributed by atoms with Gasteiger partial charge < -0.3 is 10.0 Å². The molecule has 5 nitrogen and oxygen atoms in total. The van der Waals surface area contributed by atoms with Gasteiger partial charge in [0.25, 0.3) is 0 Å². The number of piperazine rings is 1. The molecule has 0 aliphatic carbocycles. The average Bonchev–Trinajstić information content (AvgIpc) is 2.40. The number of rotatable bonds is 4. The molecule has 2 rings (SSSR count). The number of aromatic nitrogens is 1. The normalized spacial score (nSPS) is 16.6. The van der Waals surface area contributed by atoms with Crippen molar-refractivity contribution in [2.24, 2.45) is 0 Å². The Hall–Kier alpha value is -1.33. The van der Waals surface area contributed by atoms with Crippen LogP contribution in [-0.4, -0.2) is 53.7 Å². The van der Waals surface area contributed by atoms with Crippen molar-refractivity contribution in [2.75, 3.05) is 37.6 Å². The Morgan fingerprint density at radius 3 is 2.68 bits per heavy atom. The van der Waals surface area contributed by atoms with E-state index >= 15 is 0 Å². The summed E-state index contributed by atoms with van der Waals surface area (Å²) >= 11 is 6.14. The first-order chi connectivity index (χ1) is 9.13. The molecule has 1 fully saturated rings. The van der Waals surface area contributed by atoms with Crippen molar-refractivity contribution in [2.45, 2.75) is 13.3 Å². The summed E-state index contributed by atoms with van der Waals surface area (Å²) < 4.78 is 0. The molecule has 1 aliphatic heterocycles. The zero-order chi connectivity index (χ0) is 13.8. The average molecular weight is 284 g/mol. The van der Waals surface area contributed by atoms with E-state index in [0.29, 0.717) is 5.82 Å². The standard InChI is InChI=1S/C13H18ClN3O2/c1-2-5-16-6-8-17(9-7-16)12-11(14)10(13(18)19)3-4-15-12/h3-4H,2,5-9H2,1H3,(H,18,19). The van der Waals surface area contributed by atoms with Gasteiger partial charge in [-0.2, -0.15) is 0 Å².